The first-order valence-electron chi connectivity index (χ1n) is 6.15. The summed E-state index contributed by atoms with van der Waals surface area (Å²) in [6.07, 6.45) is 0. The number of nitrogen functional groups attached to an aromatic ring is 1. The van der Waals surface area contributed by atoms with Gasteiger partial charge in [0.1, 0.15) is 4.90 Å². The van der Waals surface area contributed by atoms with Gasteiger partial charge in [0.25, 0.3) is 10.0 Å². The number of sulfonamides is 1. The summed E-state index contributed by atoms with van der Waals surface area (Å²) in [6.45, 7) is 0. The molecule has 0 aliphatic carbocycles. The SMILES string of the molecule is CN(C)c1ccccc1NS(=O)(=O)c1ccc(N)cc1Br. The van der Waals surface area contributed by atoms with Crippen molar-refractivity contribution in [2.45, 2.75) is 4.90 Å². The summed E-state index contributed by atoms with van der Waals surface area (Å²) in [7, 11) is 0.0110. The molecule has 0 amide bonds. The van der Waals surface area contributed by atoms with Gasteiger partial charge in [-0.1, -0.05) is 12.1 Å². The molecule has 2 aromatic carbocycles. The van der Waals surface area contributed by atoms with Crippen LogP contribution in [0.4, 0.5) is 17.1 Å². The van der Waals surface area contributed by atoms with E-state index in [1.54, 1.807) is 24.3 Å². The van der Waals surface area contributed by atoms with E-state index in [0.29, 0.717) is 15.8 Å². The van der Waals surface area contributed by atoms with Gasteiger partial charge < -0.3 is 10.6 Å². The number of nitrogens with two attached hydrogens (primary N) is 1. The fourth-order valence-electron chi connectivity index (χ4n) is 1.88. The van der Waals surface area contributed by atoms with E-state index in [1.165, 1.54) is 6.07 Å². The molecule has 0 aliphatic rings. The Hall–Kier alpha value is -1.73. The van der Waals surface area contributed by atoms with Crippen molar-refractivity contribution in [1.82, 2.24) is 0 Å². The van der Waals surface area contributed by atoms with Gasteiger partial charge in [0.05, 0.1) is 11.4 Å². The van der Waals surface area contributed by atoms with Gasteiger partial charge in [0.2, 0.25) is 0 Å². The lowest BCUT2D eigenvalue weighted by atomic mass is 10.2. The third-order valence-corrected chi connectivity index (χ3v) is 5.22. The first-order valence-corrected chi connectivity index (χ1v) is 8.43. The molecule has 0 radical (unpaired) electrons. The van der Waals surface area contributed by atoms with Crippen LogP contribution in [-0.4, -0.2) is 22.5 Å². The van der Waals surface area contributed by atoms with Crippen molar-refractivity contribution in [2.75, 3.05) is 29.5 Å². The minimum Gasteiger partial charge on any atom is -0.399 e. The van der Waals surface area contributed by atoms with E-state index in [-0.39, 0.29) is 4.90 Å². The van der Waals surface area contributed by atoms with E-state index < -0.39 is 10.0 Å². The zero-order valence-electron chi connectivity index (χ0n) is 11.7. The molecule has 0 spiro atoms. The molecule has 0 aliphatic heterocycles. The molecule has 0 heterocycles. The third-order valence-electron chi connectivity index (χ3n) is 2.88. The van der Waals surface area contributed by atoms with E-state index in [1.807, 2.05) is 31.1 Å². The maximum atomic E-state index is 12.5. The Bertz CT molecular complexity index is 761. The summed E-state index contributed by atoms with van der Waals surface area (Å²) in [5.74, 6) is 0. The maximum absolute atomic E-state index is 12.5. The average molecular weight is 370 g/mol. The molecule has 0 aromatic heterocycles. The topological polar surface area (TPSA) is 75.4 Å². The average Bonchev–Trinajstić information content (AvgIpc) is 2.37. The van der Waals surface area contributed by atoms with Crippen molar-refractivity contribution >= 4 is 43.0 Å². The Balaban J connectivity index is 2.43. The van der Waals surface area contributed by atoms with Crippen LogP contribution >= 0.6 is 15.9 Å². The second-order valence-electron chi connectivity index (χ2n) is 4.71. The lowest BCUT2D eigenvalue weighted by Gasteiger charge is -2.18. The molecule has 0 saturated carbocycles. The monoisotopic (exact) mass is 369 g/mol. The summed E-state index contributed by atoms with van der Waals surface area (Å²) in [5.41, 5.74) is 7.43. The highest BCUT2D eigenvalue weighted by molar-refractivity contribution is 9.10. The van der Waals surface area contributed by atoms with Gasteiger partial charge in [0.15, 0.2) is 0 Å². The summed E-state index contributed by atoms with van der Waals surface area (Å²) in [6, 6.07) is 11.8. The molecule has 0 fully saturated rings. The zero-order chi connectivity index (χ0) is 15.6. The van der Waals surface area contributed by atoms with Gasteiger partial charge in [-0.3, -0.25) is 4.72 Å². The van der Waals surface area contributed by atoms with Crippen molar-refractivity contribution in [3.8, 4) is 0 Å². The highest BCUT2D eigenvalue weighted by Crippen LogP contribution is 2.29. The number of nitrogens with zero attached hydrogens (tertiary/aromatic N) is 1. The number of rotatable bonds is 4. The van der Waals surface area contributed by atoms with Crippen LogP contribution in [-0.2, 0) is 10.0 Å². The van der Waals surface area contributed by atoms with Crippen LogP contribution < -0.4 is 15.4 Å². The van der Waals surface area contributed by atoms with Crippen molar-refractivity contribution in [3.05, 3.63) is 46.9 Å². The van der Waals surface area contributed by atoms with Gasteiger partial charge in [-0.25, -0.2) is 8.42 Å². The minimum absolute atomic E-state index is 0.144. The molecule has 2 aromatic rings. The van der Waals surface area contributed by atoms with Crippen LogP contribution in [0.5, 0.6) is 0 Å². The summed E-state index contributed by atoms with van der Waals surface area (Å²) in [4.78, 5) is 1.99. The van der Waals surface area contributed by atoms with Gasteiger partial charge in [0, 0.05) is 24.3 Å². The molecule has 0 unspecified atom stereocenters. The smallest absolute Gasteiger partial charge is 0.263 e. The van der Waals surface area contributed by atoms with Crippen molar-refractivity contribution in [3.63, 3.8) is 0 Å². The fourth-order valence-corrected chi connectivity index (χ4v) is 4.06. The fraction of sp³-hybridized carbons (Fsp3) is 0.143. The van der Waals surface area contributed by atoms with Crippen LogP contribution in [0.15, 0.2) is 51.8 Å². The predicted octanol–water partition coefficient (Wildman–Crippen LogP) is 2.90. The number of nitrogens with one attached hydrogen (secondary N) is 1. The van der Waals surface area contributed by atoms with Crippen LogP contribution in [0, 0.1) is 0 Å². The van der Waals surface area contributed by atoms with E-state index in [2.05, 4.69) is 20.7 Å². The van der Waals surface area contributed by atoms with Gasteiger partial charge in [-0.2, -0.15) is 0 Å². The quantitative estimate of drug-likeness (QED) is 0.812. The highest BCUT2D eigenvalue weighted by atomic mass is 79.9. The maximum Gasteiger partial charge on any atom is 0.263 e. The molecule has 0 bridgehead atoms. The van der Waals surface area contributed by atoms with Gasteiger partial charge >= 0.3 is 0 Å². The molecule has 0 saturated heterocycles. The largest absolute Gasteiger partial charge is 0.399 e. The number of hydrogen-bond acceptors (Lipinski definition) is 4. The number of halogens is 1. The van der Waals surface area contributed by atoms with Gasteiger partial charge in [-0.15, -0.1) is 0 Å². The van der Waals surface area contributed by atoms with E-state index in [4.69, 9.17) is 5.73 Å². The molecule has 5 nitrogen and oxygen atoms in total. The summed E-state index contributed by atoms with van der Waals surface area (Å²) < 4.78 is 28.0. The van der Waals surface area contributed by atoms with Gasteiger partial charge in [-0.05, 0) is 46.3 Å². The van der Waals surface area contributed by atoms with Crippen molar-refractivity contribution in [2.24, 2.45) is 0 Å². The second kappa shape index (κ2) is 5.95. The van der Waals surface area contributed by atoms with Crippen LogP contribution in [0.2, 0.25) is 0 Å². The van der Waals surface area contributed by atoms with Crippen LogP contribution in [0.1, 0.15) is 0 Å². The molecular formula is C14H16BrN3O2S. The second-order valence-corrected chi connectivity index (χ2v) is 7.21. The van der Waals surface area contributed by atoms with Crippen molar-refractivity contribution < 1.29 is 8.42 Å². The minimum atomic E-state index is -3.70. The summed E-state index contributed by atoms with van der Waals surface area (Å²) in [5, 5.41) is 0. The molecule has 0 atom stereocenters. The zero-order valence-corrected chi connectivity index (χ0v) is 14.1. The van der Waals surface area contributed by atoms with Crippen LogP contribution in [0.3, 0.4) is 0 Å². The van der Waals surface area contributed by atoms with E-state index >= 15 is 0 Å². The molecule has 3 N–H and O–H groups in total. The number of hydrogen-bond donors (Lipinski definition) is 2. The van der Waals surface area contributed by atoms with E-state index in [9.17, 15) is 8.42 Å². The summed E-state index contributed by atoms with van der Waals surface area (Å²) >= 11 is 3.23. The Kier molecular flexibility index (Phi) is 4.43. The third kappa shape index (κ3) is 3.48. The number of para-hydroxylation sites is 2. The van der Waals surface area contributed by atoms with Crippen LogP contribution in [0.25, 0.3) is 0 Å². The molecule has 112 valence electrons. The molecule has 2 rings (SSSR count). The Morgan fingerprint density at radius 3 is 2.43 bits per heavy atom. The Morgan fingerprint density at radius 2 is 1.81 bits per heavy atom. The Labute approximate surface area is 132 Å². The highest BCUT2D eigenvalue weighted by Gasteiger charge is 2.19. The first kappa shape index (κ1) is 15.7. The number of benzene rings is 2. The normalized spacial score (nSPS) is 11.2. The van der Waals surface area contributed by atoms with E-state index in [0.717, 1.165) is 5.69 Å². The molecule has 21 heavy (non-hydrogen) atoms. The predicted molar refractivity (Wildman–Crippen MR) is 90.1 cm³/mol. The van der Waals surface area contributed by atoms with Crippen molar-refractivity contribution in [1.29, 1.82) is 0 Å². The standard InChI is InChI=1S/C14H16BrN3O2S/c1-18(2)13-6-4-3-5-12(13)17-21(19,20)14-8-7-10(16)9-11(14)15/h3-9,17H,16H2,1-2H3. The lowest BCUT2D eigenvalue weighted by Crippen LogP contribution is -2.17. The lowest BCUT2D eigenvalue weighted by molar-refractivity contribution is 0.601. The Morgan fingerprint density at radius 1 is 1.14 bits per heavy atom. The first-order chi connectivity index (χ1) is 9.81. The molecular weight excluding hydrogens is 354 g/mol. The molecule has 7 heteroatoms. The number of anilines is 3.